The van der Waals surface area contributed by atoms with Gasteiger partial charge in [-0.3, -0.25) is 9.78 Å². The summed E-state index contributed by atoms with van der Waals surface area (Å²) in [6.45, 7) is 1.43. The molecule has 1 aromatic heterocycles. The third kappa shape index (κ3) is 3.56. The van der Waals surface area contributed by atoms with Crippen LogP contribution in [0.4, 0.5) is 0 Å². The highest BCUT2D eigenvalue weighted by Crippen LogP contribution is 2.25. The summed E-state index contributed by atoms with van der Waals surface area (Å²) in [5.74, 6) is -0.233. The highest BCUT2D eigenvalue weighted by atomic mass is 32.2. The number of nitrogens with zero attached hydrogens (tertiary/aromatic N) is 3. The second-order valence-electron chi connectivity index (χ2n) is 6.28. The van der Waals surface area contributed by atoms with Crippen LogP contribution in [0, 0.1) is 0 Å². The summed E-state index contributed by atoms with van der Waals surface area (Å²) < 4.78 is 27.8. The maximum absolute atomic E-state index is 13.2. The Morgan fingerprint density at radius 1 is 1.19 bits per heavy atom. The molecule has 1 aromatic carbocycles. The van der Waals surface area contributed by atoms with Gasteiger partial charge in [-0.1, -0.05) is 12.1 Å². The van der Waals surface area contributed by atoms with Crippen LogP contribution < -0.4 is 11.5 Å². The molecule has 140 valence electrons. The van der Waals surface area contributed by atoms with Crippen LogP contribution in [0.25, 0.3) is 10.8 Å². The molecule has 1 aliphatic rings. The molecule has 8 nitrogen and oxygen atoms in total. The quantitative estimate of drug-likeness (QED) is 0.757. The first-order valence-electron chi connectivity index (χ1n) is 8.52. The highest BCUT2D eigenvalue weighted by molar-refractivity contribution is 7.89. The number of carbonyl (C=O) groups excluding carboxylic acids is 1. The SMILES string of the molecule is NCC(N)C(=O)N1CCCN(S(=O)(=O)c2cccc3cnccc23)CC1. The van der Waals surface area contributed by atoms with Crippen molar-refractivity contribution in [2.75, 3.05) is 32.7 Å². The van der Waals surface area contributed by atoms with Crippen molar-refractivity contribution in [3.8, 4) is 0 Å². The minimum Gasteiger partial charge on any atom is -0.340 e. The number of carbonyl (C=O) groups is 1. The van der Waals surface area contributed by atoms with E-state index in [0.29, 0.717) is 31.4 Å². The Balaban J connectivity index is 1.85. The molecule has 2 heterocycles. The van der Waals surface area contributed by atoms with Gasteiger partial charge >= 0.3 is 0 Å². The number of benzene rings is 1. The molecule has 1 aliphatic heterocycles. The van der Waals surface area contributed by atoms with Crippen molar-refractivity contribution in [3.63, 3.8) is 0 Å². The molecule has 0 spiro atoms. The zero-order valence-corrected chi connectivity index (χ0v) is 15.2. The number of pyridine rings is 1. The zero-order valence-electron chi connectivity index (χ0n) is 14.4. The number of nitrogens with two attached hydrogens (primary N) is 2. The number of hydrogen-bond acceptors (Lipinski definition) is 6. The second-order valence-corrected chi connectivity index (χ2v) is 8.18. The summed E-state index contributed by atoms with van der Waals surface area (Å²) in [5.41, 5.74) is 11.2. The van der Waals surface area contributed by atoms with Crippen LogP contribution in [-0.2, 0) is 14.8 Å². The number of hydrogen-bond donors (Lipinski definition) is 2. The molecular weight excluding hydrogens is 354 g/mol. The summed E-state index contributed by atoms with van der Waals surface area (Å²) in [7, 11) is -3.68. The summed E-state index contributed by atoms with van der Waals surface area (Å²) in [6.07, 6.45) is 3.78. The maximum atomic E-state index is 13.2. The molecule has 26 heavy (non-hydrogen) atoms. The van der Waals surface area contributed by atoms with E-state index in [-0.39, 0.29) is 23.9 Å². The molecule has 0 aliphatic carbocycles. The minimum absolute atomic E-state index is 0.0708. The molecule has 1 unspecified atom stereocenters. The highest BCUT2D eigenvalue weighted by Gasteiger charge is 2.30. The number of rotatable bonds is 4. The van der Waals surface area contributed by atoms with E-state index in [1.807, 2.05) is 6.07 Å². The van der Waals surface area contributed by atoms with E-state index in [1.54, 1.807) is 35.5 Å². The van der Waals surface area contributed by atoms with E-state index in [9.17, 15) is 13.2 Å². The van der Waals surface area contributed by atoms with Gasteiger partial charge in [-0.25, -0.2) is 8.42 Å². The van der Waals surface area contributed by atoms with E-state index in [1.165, 1.54) is 4.31 Å². The molecule has 0 bridgehead atoms. The van der Waals surface area contributed by atoms with Gasteiger partial charge in [-0.2, -0.15) is 4.31 Å². The van der Waals surface area contributed by atoms with Gasteiger partial charge in [-0.15, -0.1) is 0 Å². The lowest BCUT2D eigenvalue weighted by molar-refractivity contribution is -0.132. The summed E-state index contributed by atoms with van der Waals surface area (Å²) >= 11 is 0. The van der Waals surface area contributed by atoms with Crippen LogP contribution in [0.15, 0.2) is 41.6 Å². The first-order valence-corrected chi connectivity index (χ1v) is 9.96. The number of sulfonamides is 1. The van der Waals surface area contributed by atoms with Gasteiger partial charge in [0.1, 0.15) is 0 Å². The lowest BCUT2D eigenvalue weighted by Gasteiger charge is -2.24. The molecule has 1 fully saturated rings. The molecular formula is C17H23N5O3S. The Labute approximate surface area is 152 Å². The first kappa shape index (κ1) is 18.7. The Hall–Kier alpha value is -2.07. The summed E-state index contributed by atoms with van der Waals surface area (Å²) in [6, 6.07) is 6.11. The Morgan fingerprint density at radius 3 is 2.77 bits per heavy atom. The van der Waals surface area contributed by atoms with Crippen LogP contribution in [0.2, 0.25) is 0 Å². The Kier molecular flexibility index (Phi) is 5.52. The topological polar surface area (TPSA) is 123 Å². The zero-order chi connectivity index (χ0) is 18.7. The average molecular weight is 377 g/mol. The molecule has 1 saturated heterocycles. The van der Waals surface area contributed by atoms with E-state index in [0.717, 1.165) is 5.39 Å². The molecule has 9 heteroatoms. The molecule has 1 atom stereocenters. The first-order chi connectivity index (χ1) is 12.4. The van der Waals surface area contributed by atoms with Crippen molar-refractivity contribution in [3.05, 3.63) is 36.7 Å². The summed E-state index contributed by atoms with van der Waals surface area (Å²) in [4.78, 5) is 18.1. The fraction of sp³-hybridized carbons (Fsp3) is 0.412. The lowest BCUT2D eigenvalue weighted by Crippen LogP contribution is -2.48. The molecule has 0 saturated carbocycles. The fourth-order valence-electron chi connectivity index (χ4n) is 3.15. The number of fused-ring (bicyclic) bond motifs is 1. The predicted molar refractivity (Wildman–Crippen MR) is 98.7 cm³/mol. The van der Waals surface area contributed by atoms with Gasteiger partial charge in [0, 0.05) is 55.9 Å². The van der Waals surface area contributed by atoms with Crippen LogP contribution in [-0.4, -0.2) is 67.3 Å². The van der Waals surface area contributed by atoms with Crippen LogP contribution in [0.1, 0.15) is 6.42 Å². The average Bonchev–Trinajstić information content (AvgIpc) is 2.93. The Bertz CT molecular complexity index is 897. The van der Waals surface area contributed by atoms with E-state index >= 15 is 0 Å². The minimum atomic E-state index is -3.68. The number of aromatic nitrogens is 1. The largest absolute Gasteiger partial charge is 0.340 e. The van der Waals surface area contributed by atoms with Gasteiger partial charge in [0.2, 0.25) is 15.9 Å². The molecule has 4 N–H and O–H groups in total. The van der Waals surface area contributed by atoms with Gasteiger partial charge in [-0.05, 0) is 18.6 Å². The molecule has 1 amide bonds. The third-order valence-electron chi connectivity index (χ3n) is 4.60. The van der Waals surface area contributed by atoms with Crippen LogP contribution in [0.3, 0.4) is 0 Å². The van der Waals surface area contributed by atoms with Gasteiger partial charge < -0.3 is 16.4 Å². The van der Waals surface area contributed by atoms with E-state index < -0.39 is 16.1 Å². The number of amides is 1. The van der Waals surface area contributed by atoms with E-state index in [2.05, 4.69) is 4.98 Å². The fourth-order valence-corrected chi connectivity index (χ4v) is 4.83. The van der Waals surface area contributed by atoms with Gasteiger partial charge in [0.05, 0.1) is 10.9 Å². The standard InChI is InChI=1S/C17H23N5O3S/c18-11-15(19)17(23)21-7-2-8-22(10-9-21)26(24,25)16-4-1-3-13-12-20-6-5-14(13)16/h1,3-6,12,15H,2,7-11,18-19H2. The lowest BCUT2D eigenvalue weighted by atomic mass is 10.2. The molecule has 2 aromatic rings. The molecule has 0 radical (unpaired) electrons. The third-order valence-corrected chi connectivity index (χ3v) is 6.55. The van der Waals surface area contributed by atoms with Crippen molar-refractivity contribution in [2.24, 2.45) is 11.5 Å². The smallest absolute Gasteiger partial charge is 0.243 e. The van der Waals surface area contributed by atoms with Gasteiger partial charge in [0.25, 0.3) is 0 Å². The van der Waals surface area contributed by atoms with Crippen molar-refractivity contribution in [1.29, 1.82) is 0 Å². The Morgan fingerprint density at radius 2 is 2.00 bits per heavy atom. The predicted octanol–water partition coefficient (Wildman–Crippen LogP) is -0.256. The summed E-state index contributed by atoms with van der Waals surface area (Å²) in [5, 5.41) is 1.42. The normalized spacial score (nSPS) is 17.8. The van der Waals surface area contributed by atoms with Crippen molar-refractivity contribution >= 4 is 26.7 Å². The second kappa shape index (κ2) is 7.67. The van der Waals surface area contributed by atoms with E-state index in [4.69, 9.17) is 11.5 Å². The van der Waals surface area contributed by atoms with Crippen LogP contribution >= 0.6 is 0 Å². The van der Waals surface area contributed by atoms with Gasteiger partial charge in [0.15, 0.2) is 0 Å². The monoisotopic (exact) mass is 377 g/mol. The van der Waals surface area contributed by atoms with Crippen molar-refractivity contribution in [1.82, 2.24) is 14.2 Å². The maximum Gasteiger partial charge on any atom is 0.243 e. The van der Waals surface area contributed by atoms with Crippen molar-refractivity contribution < 1.29 is 13.2 Å². The van der Waals surface area contributed by atoms with Crippen molar-refractivity contribution in [2.45, 2.75) is 17.4 Å². The molecule has 3 rings (SSSR count). The van der Waals surface area contributed by atoms with Crippen LogP contribution in [0.5, 0.6) is 0 Å².